The van der Waals surface area contributed by atoms with E-state index in [0.29, 0.717) is 21.6 Å². The maximum Gasteiger partial charge on any atom is 0.277 e. The zero-order chi connectivity index (χ0) is 20.3. The van der Waals surface area contributed by atoms with Crippen LogP contribution in [0.1, 0.15) is 20.3 Å². The molecule has 0 aliphatic carbocycles. The first kappa shape index (κ1) is 25.1. The molecule has 0 aromatic carbocycles. The SMILES string of the molecule is CCSC(=S)SC(CC(C)C(=O)NCCSSc1ccccn1)S(=O)(=O)O. The summed E-state index contributed by atoms with van der Waals surface area (Å²) in [6.45, 7) is 4.00. The Hall–Kier alpha value is 0.0200. The molecule has 2 atom stereocenters. The van der Waals surface area contributed by atoms with E-state index in [1.165, 1.54) is 22.6 Å². The summed E-state index contributed by atoms with van der Waals surface area (Å²) < 4.78 is 31.9. The number of rotatable bonds is 11. The lowest BCUT2D eigenvalue weighted by Gasteiger charge is -2.18. The number of thiocarbonyl (C=S) groups is 1. The van der Waals surface area contributed by atoms with Gasteiger partial charge in [0, 0.05) is 24.4 Å². The highest BCUT2D eigenvalue weighted by Gasteiger charge is 2.29. The van der Waals surface area contributed by atoms with Gasteiger partial charge in [0.1, 0.15) is 13.1 Å². The molecule has 1 rings (SSSR count). The summed E-state index contributed by atoms with van der Waals surface area (Å²) in [5, 5.41) is 3.69. The lowest BCUT2D eigenvalue weighted by molar-refractivity contribution is -0.124. The van der Waals surface area contributed by atoms with Crippen LogP contribution in [0.25, 0.3) is 0 Å². The fraction of sp³-hybridized carbons (Fsp3) is 0.533. The standard InChI is InChI=1S/C15H22N2O4S6/c1-3-23-15(22)25-13(27(19,20)21)10-11(2)14(18)17-8-9-24-26-12-6-4-5-7-16-12/h4-7,11,13H,3,8-10H2,1-2H3,(H,17,18)(H,19,20,21). The lowest BCUT2D eigenvalue weighted by Crippen LogP contribution is -2.33. The van der Waals surface area contributed by atoms with Crippen molar-refractivity contribution in [1.82, 2.24) is 10.3 Å². The van der Waals surface area contributed by atoms with Crippen LogP contribution in [0.4, 0.5) is 0 Å². The molecule has 1 aromatic heterocycles. The van der Waals surface area contributed by atoms with Crippen molar-refractivity contribution in [3.05, 3.63) is 24.4 Å². The number of nitrogens with one attached hydrogen (secondary N) is 1. The van der Waals surface area contributed by atoms with Gasteiger partial charge in [-0.25, -0.2) is 4.98 Å². The molecule has 12 heteroatoms. The molecule has 6 nitrogen and oxygen atoms in total. The van der Waals surface area contributed by atoms with E-state index in [2.05, 4.69) is 10.3 Å². The second-order valence-corrected chi connectivity index (χ2v) is 13.3. The second kappa shape index (κ2) is 13.3. The molecule has 0 saturated carbocycles. The minimum Gasteiger partial charge on any atom is -0.355 e. The molecular formula is C15H22N2O4S6. The van der Waals surface area contributed by atoms with E-state index in [0.717, 1.165) is 16.8 Å². The van der Waals surface area contributed by atoms with Crippen molar-refractivity contribution in [2.24, 2.45) is 5.92 Å². The summed E-state index contributed by atoms with van der Waals surface area (Å²) in [5.74, 6) is 0.593. The number of hydrogen-bond acceptors (Lipinski definition) is 9. The Bertz CT molecular complexity index is 702. The number of carbonyl (C=O) groups is 1. The number of thioether (sulfide) groups is 2. The third-order valence-corrected chi connectivity index (χ3v) is 9.68. The molecule has 0 saturated heterocycles. The summed E-state index contributed by atoms with van der Waals surface area (Å²) >= 11 is 7.35. The Kier molecular flexibility index (Phi) is 12.3. The highest BCUT2D eigenvalue weighted by atomic mass is 33.1. The monoisotopic (exact) mass is 486 g/mol. The molecule has 0 bridgehead atoms. The van der Waals surface area contributed by atoms with Crippen LogP contribution in [0.2, 0.25) is 0 Å². The lowest BCUT2D eigenvalue weighted by atomic mass is 10.1. The van der Waals surface area contributed by atoms with Gasteiger partial charge in [0.2, 0.25) is 5.91 Å². The predicted octanol–water partition coefficient (Wildman–Crippen LogP) is 3.95. The van der Waals surface area contributed by atoms with Crippen molar-refractivity contribution in [3.8, 4) is 0 Å². The molecule has 152 valence electrons. The zero-order valence-electron chi connectivity index (χ0n) is 14.9. The Morgan fingerprint density at radius 2 is 2.15 bits per heavy atom. The molecule has 2 N–H and O–H groups in total. The Labute approximate surface area is 182 Å². The molecule has 1 aromatic rings. The third-order valence-electron chi connectivity index (χ3n) is 3.08. The minimum absolute atomic E-state index is 0.00439. The highest BCUT2D eigenvalue weighted by molar-refractivity contribution is 8.76. The fourth-order valence-corrected chi connectivity index (χ4v) is 7.74. The van der Waals surface area contributed by atoms with E-state index in [-0.39, 0.29) is 12.3 Å². The highest BCUT2D eigenvalue weighted by Crippen LogP contribution is 2.30. The number of amides is 1. The number of aromatic nitrogens is 1. The molecule has 0 fully saturated rings. The van der Waals surface area contributed by atoms with Gasteiger partial charge in [0.15, 0.2) is 0 Å². The van der Waals surface area contributed by atoms with E-state index >= 15 is 0 Å². The summed E-state index contributed by atoms with van der Waals surface area (Å²) in [6.07, 6.45) is 1.72. The average Bonchev–Trinajstić information content (AvgIpc) is 2.61. The molecule has 0 aliphatic heterocycles. The number of nitrogens with zero attached hydrogens (tertiary/aromatic N) is 1. The van der Waals surface area contributed by atoms with Crippen LogP contribution in [-0.4, -0.2) is 50.0 Å². The number of hydrogen-bond donors (Lipinski definition) is 2. The molecule has 0 spiro atoms. The van der Waals surface area contributed by atoms with E-state index < -0.39 is 20.6 Å². The Morgan fingerprint density at radius 3 is 2.74 bits per heavy atom. The molecule has 2 unspecified atom stereocenters. The van der Waals surface area contributed by atoms with E-state index in [4.69, 9.17) is 12.2 Å². The van der Waals surface area contributed by atoms with Gasteiger partial charge in [0.05, 0.1) is 0 Å². The Morgan fingerprint density at radius 1 is 1.41 bits per heavy atom. The van der Waals surface area contributed by atoms with E-state index in [9.17, 15) is 17.8 Å². The van der Waals surface area contributed by atoms with Crippen molar-refractivity contribution in [1.29, 1.82) is 0 Å². The van der Waals surface area contributed by atoms with Crippen molar-refractivity contribution < 1.29 is 17.8 Å². The molecule has 1 heterocycles. The Balaban J connectivity index is 2.38. The van der Waals surface area contributed by atoms with Crippen LogP contribution in [0.5, 0.6) is 0 Å². The van der Waals surface area contributed by atoms with Crippen LogP contribution in [0.3, 0.4) is 0 Å². The normalized spacial score (nSPS) is 13.7. The molecule has 27 heavy (non-hydrogen) atoms. The summed E-state index contributed by atoms with van der Waals surface area (Å²) in [7, 11) is -1.20. The van der Waals surface area contributed by atoms with Gasteiger partial charge < -0.3 is 5.32 Å². The maximum absolute atomic E-state index is 12.2. The quantitative estimate of drug-likeness (QED) is 0.207. The van der Waals surface area contributed by atoms with Gasteiger partial charge in [0.25, 0.3) is 10.1 Å². The van der Waals surface area contributed by atoms with Crippen LogP contribution in [0.15, 0.2) is 29.4 Å². The van der Waals surface area contributed by atoms with Crippen LogP contribution < -0.4 is 5.32 Å². The molecule has 1 amide bonds. The summed E-state index contributed by atoms with van der Waals surface area (Å²) in [6, 6.07) is 5.67. The van der Waals surface area contributed by atoms with Gasteiger partial charge in [-0.3, -0.25) is 9.35 Å². The third kappa shape index (κ3) is 11.0. The van der Waals surface area contributed by atoms with E-state index in [1.807, 2.05) is 25.1 Å². The molecular weight excluding hydrogens is 465 g/mol. The first-order valence-corrected chi connectivity index (χ1v) is 14.1. The predicted molar refractivity (Wildman–Crippen MR) is 123 cm³/mol. The van der Waals surface area contributed by atoms with Gasteiger partial charge in [-0.2, -0.15) is 8.42 Å². The second-order valence-electron chi connectivity index (χ2n) is 5.25. The molecule has 0 aliphatic rings. The number of pyridine rings is 1. The topological polar surface area (TPSA) is 96.4 Å². The van der Waals surface area contributed by atoms with Crippen molar-refractivity contribution in [2.45, 2.75) is 29.9 Å². The fourth-order valence-electron chi connectivity index (χ4n) is 1.77. The maximum atomic E-state index is 12.2. The van der Waals surface area contributed by atoms with Gasteiger partial charge in [-0.1, -0.05) is 54.7 Å². The van der Waals surface area contributed by atoms with Gasteiger partial charge in [-0.15, -0.1) is 11.8 Å². The summed E-state index contributed by atoms with van der Waals surface area (Å²) in [5.41, 5.74) is 0. The summed E-state index contributed by atoms with van der Waals surface area (Å²) in [4.78, 5) is 16.4. The van der Waals surface area contributed by atoms with E-state index in [1.54, 1.807) is 23.9 Å². The van der Waals surface area contributed by atoms with Gasteiger partial charge >= 0.3 is 0 Å². The van der Waals surface area contributed by atoms with Crippen molar-refractivity contribution in [2.75, 3.05) is 18.1 Å². The minimum atomic E-state index is -4.30. The number of carbonyl (C=O) groups excluding carboxylic acids is 1. The van der Waals surface area contributed by atoms with Crippen molar-refractivity contribution in [3.63, 3.8) is 0 Å². The smallest absolute Gasteiger partial charge is 0.277 e. The van der Waals surface area contributed by atoms with Gasteiger partial charge in [-0.05, 0) is 35.1 Å². The van der Waals surface area contributed by atoms with Crippen LogP contribution in [0, 0.1) is 5.92 Å². The average molecular weight is 487 g/mol. The molecule has 0 radical (unpaired) electrons. The van der Waals surface area contributed by atoms with Crippen molar-refractivity contribution >= 4 is 76.9 Å². The van der Waals surface area contributed by atoms with Crippen LogP contribution >= 0.6 is 57.3 Å². The zero-order valence-corrected chi connectivity index (χ0v) is 19.8. The first-order valence-electron chi connectivity index (χ1n) is 8.02. The van der Waals surface area contributed by atoms with Crippen LogP contribution in [-0.2, 0) is 14.9 Å². The first-order chi connectivity index (χ1) is 12.7. The largest absolute Gasteiger partial charge is 0.355 e.